The number of hydrogen-bond acceptors (Lipinski definition) is 9. The highest BCUT2D eigenvalue weighted by atomic mass is 16.7. The van der Waals surface area contributed by atoms with E-state index in [9.17, 15) is 9.59 Å². The van der Waals surface area contributed by atoms with Gasteiger partial charge in [-0.2, -0.15) is 0 Å². The number of aliphatic hydroxyl groups is 1. The Morgan fingerprint density at radius 2 is 2.00 bits per heavy atom. The maximum absolute atomic E-state index is 12.7. The first-order valence-corrected chi connectivity index (χ1v) is 9.90. The predicted octanol–water partition coefficient (Wildman–Crippen LogP) is 2.15. The fourth-order valence-electron chi connectivity index (χ4n) is 3.03. The molecule has 1 heterocycles. The number of hydroxylamine groups is 1. The van der Waals surface area contributed by atoms with Crippen molar-refractivity contribution in [3.63, 3.8) is 0 Å². The van der Waals surface area contributed by atoms with Crippen LogP contribution in [0.1, 0.15) is 11.7 Å². The number of nitrogens with one attached hydrogen (secondary N) is 2. The molecule has 0 fully saturated rings. The molecule has 0 saturated carbocycles. The van der Waals surface area contributed by atoms with E-state index in [-0.39, 0.29) is 20.0 Å². The summed E-state index contributed by atoms with van der Waals surface area (Å²) in [6, 6.07) is 11.6. The van der Waals surface area contributed by atoms with Crippen molar-refractivity contribution in [2.75, 3.05) is 32.4 Å². The van der Waals surface area contributed by atoms with Gasteiger partial charge in [0, 0.05) is 24.9 Å². The van der Waals surface area contributed by atoms with Crippen molar-refractivity contribution in [3.05, 3.63) is 60.2 Å². The Labute approximate surface area is 189 Å². The molecule has 0 aromatic heterocycles. The molecule has 0 radical (unpaired) electrons. The largest absolute Gasteiger partial charge is 0.491 e. The molecule has 176 valence electrons. The molecule has 11 nitrogen and oxygen atoms in total. The number of anilines is 1. The standard InChI is InChI=1S/C22H24N2O9/c1-29-18(7-8-20(26)24-28)21(14-3-2-4-16(11-14)30-10-9-25)33-22(27)23-15-5-6-17-19(12-15)32-13-31-17/h2-8,11-12,18,21,25,28H,9-10,13H2,1H3,(H,23,27)(H,24,26)/b8-7+/t18-,21-/m0/s1. The Balaban J connectivity index is 1.81. The van der Waals surface area contributed by atoms with Crippen LogP contribution >= 0.6 is 0 Å². The number of ether oxygens (including phenoxy) is 5. The quantitative estimate of drug-likeness (QED) is 0.238. The number of hydrogen-bond donors (Lipinski definition) is 4. The lowest BCUT2D eigenvalue weighted by Gasteiger charge is -2.25. The van der Waals surface area contributed by atoms with Gasteiger partial charge in [-0.15, -0.1) is 0 Å². The second-order valence-electron chi connectivity index (χ2n) is 6.70. The molecule has 1 aliphatic rings. The van der Waals surface area contributed by atoms with E-state index in [1.165, 1.54) is 18.7 Å². The fraction of sp³-hybridized carbons (Fsp3) is 0.273. The lowest BCUT2D eigenvalue weighted by atomic mass is 10.0. The van der Waals surface area contributed by atoms with E-state index in [2.05, 4.69) is 5.32 Å². The van der Waals surface area contributed by atoms with Gasteiger partial charge in [-0.3, -0.25) is 15.3 Å². The molecule has 2 aromatic carbocycles. The molecule has 33 heavy (non-hydrogen) atoms. The van der Waals surface area contributed by atoms with Gasteiger partial charge in [0.15, 0.2) is 17.6 Å². The normalized spacial score (nSPS) is 13.9. The van der Waals surface area contributed by atoms with Gasteiger partial charge in [-0.1, -0.05) is 12.1 Å². The fourth-order valence-corrected chi connectivity index (χ4v) is 3.03. The Kier molecular flexibility index (Phi) is 8.47. The summed E-state index contributed by atoms with van der Waals surface area (Å²) in [5.74, 6) is 0.725. The van der Waals surface area contributed by atoms with Gasteiger partial charge in [0.05, 0.1) is 6.61 Å². The van der Waals surface area contributed by atoms with Gasteiger partial charge < -0.3 is 28.8 Å². The summed E-state index contributed by atoms with van der Waals surface area (Å²) in [5, 5.41) is 20.3. The monoisotopic (exact) mass is 460 g/mol. The maximum Gasteiger partial charge on any atom is 0.412 e. The van der Waals surface area contributed by atoms with Gasteiger partial charge in [0.1, 0.15) is 18.5 Å². The van der Waals surface area contributed by atoms with E-state index in [1.54, 1.807) is 42.5 Å². The Morgan fingerprint density at radius 1 is 1.18 bits per heavy atom. The third kappa shape index (κ3) is 6.59. The summed E-state index contributed by atoms with van der Waals surface area (Å²) in [7, 11) is 1.38. The topological polar surface area (TPSA) is 145 Å². The lowest BCUT2D eigenvalue weighted by Crippen LogP contribution is -2.27. The Morgan fingerprint density at radius 3 is 2.76 bits per heavy atom. The van der Waals surface area contributed by atoms with Gasteiger partial charge in [0.2, 0.25) is 6.79 Å². The van der Waals surface area contributed by atoms with Crippen LogP contribution in [0.25, 0.3) is 0 Å². The first-order chi connectivity index (χ1) is 16.0. The average molecular weight is 460 g/mol. The van der Waals surface area contributed by atoms with E-state index in [0.717, 1.165) is 6.08 Å². The van der Waals surface area contributed by atoms with Crippen LogP contribution in [0.5, 0.6) is 17.2 Å². The minimum atomic E-state index is -0.996. The zero-order valence-electron chi connectivity index (χ0n) is 17.7. The molecule has 0 bridgehead atoms. The van der Waals surface area contributed by atoms with Crippen LogP contribution in [0.3, 0.4) is 0 Å². The minimum absolute atomic E-state index is 0.0872. The van der Waals surface area contributed by atoms with Crippen molar-refractivity contribution < 1.29 is 43.6 Å². The number of carbonyl (C=O) groups is 2. The van der Waals surface area contributed by atoms with Crippen molar-refractivity contribution in [2.24, 2.45) is 0 Å². The Bertz CT molecular complexity index is 996. The Hall–Kier alpha value is -3.80. The molecule has 0 unspecified atom stereocenters. The summed E-state index contributed by atoms with van der Waals surface area (Å²) in [4.78, 5) is 24.1. The molecule has 2 aromatic rings. The molecule has 0 aliphatic carbocycles. The van der Waals surface area contributed by atoms with E-state index in [0.29, 0.717) is 28.5 Å². The molecule has 4 N–H and O–H groups in total. The number of amides is 2. The summed E-state index contributed by atoms with van der Waals surface area (Å²) in [5.41, 5.74) is 2.41. The molecule has 3 rings (SSSR count). The predicted molar refractivity (Wildman–Crippen MR) is 114 cm³/mol. The molecule has 0 saturated heterocycles. The lowest BCUT2D eigenvalue weighted by molar-refractivity contribution is -0.124. The van der Waals surface area contributed by atoms with Crippen molar-refractivity contribution in [2.45, 2.75) is 12.2 Å². The number of benzene rings is 2. The molecule has 0 spiro atoms. The number of aliphatic hydroxyl groups excluding tert-OH is 1. The van der Waals surface area contributed by atoms with E-state index < -0.39 is 24.2 Å². The van der Waals surface area contributed by atoms with E-state index in [4.69, 9.17) is 34.0 Å². The highest BCUT2D eigenvalue weighted by Gasteiger charge is 2.27. The van der Waals surface area contributed by atoms with Crippen LogP contribution < -0.4 is 25.0 Å². The van der Waals surface area contributed by atoms with Crippen molar-refractivity contribution in [1.29, 1.82) is 0 Å². The van der Waals surface area contributed by atoms with Crippen LogP contribution in [-0.4, -0.2) is 55.5 Å². The number of carbonyl (C=O) groups excluding carboxylic acids is 2. The zero-order valence-corrected chi connectivity index (χ0v) is 17.7. The molecular formula is C22H24N2O9. The van der Waals surface area contributed by atoms with Crippen LogP contribution in [0, 0.1) is 0 Å². The van der Waals surface area contributed by atoms with Crippen molar-refractivity contribution in [3.8, 4) is 17.2 Å². The number of fused-ring (bicyclic) bond motifs is 1. The smallest absolute Gasteiger partial charge is 0.412 e. The van der Waals surface area contributed by atoms with Gasteiger partial charge >= 0.3 is 6.09 Å². The minimum Gasteiger partial charge on any atom is -0.491 e. The van der Waals surface area contributed by atoms with Crippen molar-refractivity contribution >= 4 is 17.7 Å². The van der Waals surface area contributed by atoms with Crippen LogP contribution in [0.4, 0.5) is 10.5 Å². The average Bonchev–Trinajstić information content (AvgIpc) is 3.30. The van der Waals surface area contributed by atoms with E-state index in [1.807, 2.05) is 0 Å². The third-order valence-electron chi connectivity index (χ3n) is 4.52. The summed E-state index contributed by atoms with van der Waals surface area (Å²) in [6.45, 7) is 0.0227. The number of methoxy groups -OCH3 is 1. The first kappa shape index (κ1) is 23.9. The first-order valence-electron chi connectivity index (χ1n) is 9.90. The highest BCUT2D eigenvalue weighted by Crippen LogP contribution is 2.34. The van der Waals surface area contributed by atoms with Crippen LogP contribution in [-0.2, 0) is 14.3 Å². The SMILES string of the molecule is CO[C@@H](/C=C/C(=O)NO)[C@@H](OC(=O)Nc1ccc2c(c1)OCO2)c1cccc(OCCO)c1. The van der Waals surface area contributed by atoms with Gasteiger partial charge in [-0.25, -0.2) is 10.3 Å². The molecule has 2 atom stereocenters. The molecular weight excluding hydrogens is 436 g/mol. The summed E-state index contributed by atoms with van der Waals surface area (Å²) < 4.78 is 27.1. The number of rotatable bonds is 10. The summed E-state index contributed by atoms with van der Waals surface area (Å²) >= 11 is 0. The molecule has 1 aliphatic heterocycles. The second-order valence-corrected chi connectivity index (χ2v) is 6.70. The second kappa shape index (κ2) is 11.7. The van der Waals surface area contributed by atoms with Gasteiger partial charge in [-0.05, 0) is 35.9 Å². The summed E-state index contributed by atoms with van der Waals surface area (Å²) in [6.07, 6.45) is -0.289. The molecule has 11 heteroatoms. The van der Waals surface area contributed by atoms with Crippen LogP contribution in [0.2, 0.25) is 0 Å². The van der Waals surface area contributed by atoms with Gasteiger partial charge in [0.25, 0.3) is 5.91 Å². The van der Waals surface area contributed by atoms with Crippen LogP contribution in [0.15, 0.2) is 54.6 Å². The zero-order chi connectivity index (χ0) is 23.6. The maximum atomic E-state index is 12.7. The third-order valence-corrected chi connectivity index (χ3v) is 4.52. The molecule has 2 amide bonds. The van der Waals surface area contributed by atoms with E-state index >= 15 is 0 Å². The highest BCUT2D eigenvalue weighted by molar-refractivity contribution is 5.87. The van der Waals surface area contributed by atoms with Crippen molar-refractivity contribution in [1.82, 2.24) is 5.48 Å².